The van der Waals surface area contributed by atoms with Crippen molar-refractivity contribution in [2.45, 2.75) is 26.4 Å². The van der Waals surface area contributed by atoms with Gasteiger partial charge in [-0.1, -0.05) is 6.58 Å². The highest BCUT2D eigenvalue weighted by molar-refractivity contribution is 5.96. The monoisotopic (exact) mass is 248 g/mol. The van der Waals surface area contributed by atoms with Crippen molar-refractivity contribution in [3.05, 3.63) is 30.1 Å². The molecule has 0 N–H and O–H groups in total. The molecule has 0 atom stereocenters. The van der Waals surface area contributed by atoms with Crippen LogP contribution in [0, 0.1) is 0 Å². The summed E-state index contributed by atoms with van der Waals surface area (Å²) in [6.45, 7) is 9.18. The maximum absolute atomic E-state index is 12.1. The first-order valence-corrected chi connectivity index (χ1v) is 5.78. The van der Waals surface area contributed by atoms with Crippen LogP contribution in [-0.4, -0.2) is 30.6 Å². The summed E-state index contributed by atoms with van der Waals surface area (Å²) >= 11 is 0. The Morgan fingerprint density at radius 3 is 2.50 bits per heavy atom. The van der Waals surface area contributed by atoms with E-state index in [1.165, 1.54) is 0 Å². The molecule has 0 aliphatic heterocycles. The molecule has 18 heavy (non-hydrogen) atoms. The first-order chi connectivity index (χ1) is 8.24. The molecule has 98 valence electrons. The Morgan fingerprint density at radius 2 is 2.06 bits per heavy atom. The second kappa shape index (κ2) is 5.21. The zero-order valence-corrected chi connectivity index (χ0v) is 11.7. The number of rotatable bonds is 3. The highest BCUT2D eigenvalue weighted by Gasteiger charge is 2.21. The van der Waals surface area contributed by atoms with E-state index in [-0.39, 0.29) is 5.97 Å². The van der Waals surface area contributed by atoms with Gasteiger partial charge in [0.1, 0.15) is 5.60 Å². The Labute approximate surface area is 108 Å². The van der Waals surface area contributed by atoms with Gasteiger partial charge < -0.3 is 9.64 Å². The molecular formula is C14H20N2O2. The predicted molar refractivity (Wildman–Crippen MR) is 73.8 cm³/mol. The van der Waals surface area contributed by atoms with E-state index in [2.05, 4.69) is 11.6 Å². The minimum Gasteiger partial charge on any atom is -0.456 e. The van der Waals surface area contributed by atoms with Gasteiger partial charge in [0.05, 0.1) is 23.1 Å². The van der Waals surface area contributed by atoms with Crippen LogP contribution in [0.3, 0.4) is 0 Å². The number of aromatic nitrogens is 1. The molecule has 0 saturated heterocycles. The van der Waals surface area contributed by atoms with Crippen molar-refractivity contribution in [1.29, 1.82) is 0 Å². The van der Waals surface area contributed by atoms with Crippen LogP contribution in [0.2, 0.25) is 0 Å². The average Bonchev–Trinajstić information content (AvgIpc) is 2.25. The van der Waals surface area contributed by atoms with Crippen LogP contribution < -0.4 is 4.90 Å². The van der Waals surface area contributed by atoms with E-state index in [0.29, 0.717) is 11.3 Å². The van der Waals surface area contributed by atoms with Crippen LogP contribution in [0.4, 0.5) is 5.69 Å². The Balaban J connectivity index is 3.19. The molecule has 0 aliphatic rings. The predicted octanol–water partition coefficient (Wildman–Crippen LogP) is 2.75. The normalized spacial score (nSPS) is 10.9. The third kappa shape index (κ3) is 3.58. The van der Waals surface area contributed by atoms with Crippen LogP contribution in [0.1, 0.15) is 36.8 Å². The number of pyridine rings is 1. The molecule has 0 amide bonds. The molecule has 0 aliphatic carbocycles. The van der Waals surface area contributed by atoms with E-state index >= 15 is 0 Å². The van der Waals surface area contributed by atoms with Crippen molar-refractivity contribution in [2.75, 3.05) is 19.0 Å². The Morgan fingerprint density at radius 1 is 1.44 bits per heavy atom. The van der Waals surface area contributed by atoms with Gasteiger partial charge in [-0.15, -0.1) is 0 Å². The molecule has 1 aromatic rings. The Bertz CT molecular complexity index is 459. The van der Waals surface area contributed by atoms with E-state index < -0.39 is 5.60 Å². The summed E-state index contributed by atoms with van der Waals surface area (Å²) in [6.07, 6.45) is 3.25. The lowest BCUT2D eigenvalue weighted by Gasteiger charge is -2.22. The first-order valence-electron chi connectivity index (χ1n) is 5.78. The van der Waals surface area contributed by atoms with E-state index in [1.807, 2.05) is 39.8 Å². The van der Waals surface area contributed by atoms with Gasteiger partial charge in [0.15, 0.2) is 0 Å². The number of esters is 1. The highest BCUT2D eigenvalue weighted by Crippen LogP contribution is 2.22. The number of carbonyl (C=O) groups is 1. The van der Waals surface area contributed by atoms with E-state index in [0.717, 1.165) is 5.69 Å². The van der Waals surface area contributed by atoms with Crippen LogP contribution in [-0.2, 0) is 4.74 Å². The molecule has 0 saturated carbocycles. The zero-order valence-electron chi connectivity index (χ0n) is 11.7. The summed E-state index contributed by atoms with van der Waals surface area (Å²) in [7, 11) is 3.72. The molecule has 1 heterocycles. The number of anilines is 1. The van der Waals surface area contributed by atoms with Crippen LogP contribution in [0.5, 0.6) is 0 Å². The lowest BCUT2D eigenvalue weighted by molar-refractivity contribution is 0.00702. The third-order valence-corrected chi connectivity index (χ3v) is 2.21. The van der Waals surface area contributed by atoms with Crippen molar-refractivity contribution in [2.24, 2.45) is 0 Å². The fourth-order valence-corrected chi connectivity index (χ4v) is 1.43. The second-order valence-corrected chi connectivity index (χ2v) is 5.23. The maximum Gasteiger partial charge on any atom is 0.340 e. The van der Waals surface area contributed by atoms with E-state index in [9.17, 15) is 4.79 Å². The van der Waals surface area contributed by atoms with Crippen molar-refractivity contribution < 1.29 is 9.53 Å². The molecule has 4 heteroatoms. The summed E-state index contributed by atoms with van der Waals surface area (Å²) in [5.41, 5.74) is 1.37. The van der Waals surface area contributed by atoms with Gasteiger partial charge in [-0.25, -0.2) is 4.79 Å². The SMILES string of the molecule is C=Cc1cc(C(=O)OC(C)(C)C)c(N(C)C)cn1. The molecule has 0 aromatic carbocycles. The Kier molecular flexibility index (Phi) is 4.11. The molecule has 4 nitrogen and oxygen atoms in total. The second-order valence-electron chi connectivity index (χ2n) is 5.23. The minimum atomic E-state index is -0.516. The van der Waals surface area contributed by atoms with Crippen molar-refractivity contribution >= 4 is 17.7 Å². The highest BCUT2D eigenvalue weighted by atomic mass is 16.6. The fourth-order valence-electron chi connectivity index (χ4n) is 1.43. The number of hydrogen-bond donors (Lipinski definition) is 0. The van der Waals surface area contributed by atoms with Gasteiger partial charge in [0.2, 0.25) is 0 Å². The van der Waals surface area contributed by atoms with Gasteiger partial charge >= 0.3 is 5.97 Å². The lowest BCUT2D eigenvalue weighted by Crippen LogP contribution is -2.25. The largest absolute Gasteiger partial charge is 0.456 e. The Hall–Kier alpha value is -1.84. The smallest absolute Gasteiger partial charge is 0.340 e. The lowest BCUT2D eigenvalue weighted by atomic mass is 10.1. The van der Waals surface area contributed by atoms with Gasteiger partial charge in [0.25, 0.3) is 0 Å². The van der Waals surface area contributed by atoms with Crippen LogP contribution >= 0.6 is 0 Å². The summed E-state index contributed by atoms with van der Waals surface area (Å²) in [5, 5.41) is 0. The van der Waals surface area contributed by atoms with Crippen LogP contribution in [0.15, 0.2) is 18.8 Å². The molecule has 0 radical (unpaired) electrons. The van der Waals surface area contributed by atoms with Crippen molar-refractivity contribution in [3.63, 3.8) is 0 Å². The topological polar surface area (TPSA) is 42.4 Å². The van der Waals surface area contributed by atoms with E-state index in [1.54, 1.807) is 18.3 Å². The first kappa shape index (κ1) is 14.2. The molecule has 0 spiro atoms. The van der Waals surface area contributed by atoms with Gasteiger partial charge in [-0.3, -0.25) is 4.98 Å². The third-order valence-electron chi connectivity index (χ3n) is 2.21. The summed E-state index contributed by atoms with van der Waals surface area (Å²) < 4.78 is 5.39. The standard InChI is InChI=1S/C14H20N2O2/c1-7-10-8-11(12(9-15-10)16(5)6)13(17)18-14(2,3)4/h7-9H,1H2,2-6H3. The molecule has 0 bridgehead atoms. The number of ether oxygens (including phenoxy) is 1. The molecule has 1 aromatic heterocycles. The quantitative estimate of drug-likeness (QED) is 0.771. The number of nitrogens with zero attached hydrogens (tertiary/aromatic N) is 2. The zero-order chi connectivity index (χ0) is 13.9. The van der Waals surface area contributed by atoms with Crippen molar-refractivity contribution in [3.8, 4) is 0 Å². The summed E-state index contributed by atoms with van der Waals surface area (Å²) in [6, 6.07) is 1.69. The van der Waals surface area contributed by atoms with Gasteiger partial charge in [-0.2, -0.15) is 0 Å². The summed E-state index contributed by atoms with van der Waals surface area (Å²) in [4.78, 5) is 18.2. The fraction of sp³-hybridized carbons (Fsp3) is 0.429. The molecule has 0 fully saturated rings. The van der Waals surface area contributed by atoms with Gasteiger partial charge in [0, 0.05) is 14.1 Å². The number of carbonyl (C=O) groups excluding carboxylic acids is 1. The van der Waals surface area contributed by atoms with Crippen LogP contribution in [0.25, 0.3) is 6.08 Å². The molecule has 1 rings (SSSR count). The molecule has 0 unspecified atom stereocenters. The maximum atomic E-state index is 12.1. The minimum absolute atomic E-state index is 0.350. The number of hydrogen-bond acceptors (Lipinski definition) is 4. The summed E-state index contributed by atoms with van der Waals surface area (Å²) in [5.74, 6) is -0.350. The van der Waals surface area contributed by atoms with Crippen molar-refractivity contribution in [1.82, 2.24) is 4.98 Å². The van der Waals surface area contributed by atoms with E-state index in [4.69, 9.17) is 4.74 Å². The molecular weight excluding hydrogens is 228 g/mol. The van der Waals surface area contributed by atoms with Gasteiger partial charge in [-0.05, 0) is 32.9 Å². The average molecular weight is 248 g/mol.